The third-order valence-corrected chi connectivity index (χ3v) is 12.1. The number of carbonyl (C=O) groups excluding carboxylic acids is 2. The molecule has 0 saturated heterocycles. The van der Waals surface area contributed by atoms with Crippen LogP contribution >= 0.6 is 11.8 Å². The molecule has 3 saturated carbocycles. The monoisotopic (exact) mass is 633 g/mol. The Labute approximate surface area is 263 Å². The molecule has 234 valence electrons. The molecule has 0 radical (unpaired) electrons. The molecular formula is C34H33F2N3O5S. The minimum Gasteiger partial charge on any atom is -0.457 e. The molecule has 1 unspecified atom stereocenters. The van der Waals surface area contributed by atoms with Gasteiger partial charge < -0.3 is 14.3 Å². The first-order valence-electron chi connectivity index (χ1n) is 15.2. The van der Waals surface area contributed by atoms with Crippen molar-refractivity contribution in [2.45, 2.75) is 64.1 Å². The second-order valence-corrected chi connectivity index (χ2v) is 14.3. The van der Waals surface area contributed by atoms with Gasteiger partial charge in [-0.15, -0.1) is 0 Å². The molecule has 2 aromatic heterocycles. The van der Waals surface area contributed by atoms with Crippen LogP contribution in [0.5, 0.6) is 0 Å². The molecule has 1 N–H and O–H groups in total. The van der Waals surface area contributed by atoms with Gasteiger partial charge in [-0.25, -0.2) is 18.3 Å². The maximum atomic E-state index is 14.7. The summed E-state index contributed by atoms with van der Waals surface area (Å²) in [5, 5.41) is 25.4. The minimum absolute atomic E-state index is 0.00669. The summed E-state index contributed by atoms with van der Waals surface area (Å²) in [6.45, 7) is 4.13. The van der Waals surface area contributed by atoms with E-state index in [2.05, 4.69) is 18.1 Å². The van der Waals surface area contributed by atoms with E-state index >= 15 is 0 Å². The highest BCUT2D eigenvalue weighted by Gasteiger charge is 2.70. The number of halogens is 2. The van der Waals surface area contributed by atoms with E-state index in [0.29, 0.717) is 19.3 Å². The number of thioether (sulfide) groups is 1. The number of carbonyl (C=O) groups is 2. The molecule has 8 nitrogen and oxygen atoms in total. The third-order valence-electron chi connectivity index (χ3n) is 11.3. The van der Waals surface area contributed by atoms with Crippen LogP contribution in [0.4, 0.5) is 8.78 Å². The lowest BCUT2D eigenvalue weighted by Crippen LogP contribution is -2.62. The molecule has 0 spiro atoms. The maximum absolute atomic E-state index is 14.7. The van der Waals surface area contributed by atoms with Crippen LogP contribution in [-0.4, -0.2) is 43.4 Å². The topological polar surface area (TPSA) is 118 Å². The number of rotatable bonds is 5. The fourth-order valence-electron chi connectivity index (χ4n) is 9.38. The number of benzene rings is 1. The summed E-state index contributed by atoms with van der Waals surface area (Å²) in [5.74, 6) is -2.27. The van der Waals surface area contributed by atoms with E-state index in [-0.39, 0.29) is 46.5 Å². The molecule has 7 atom stereocenters. The zero-order valence-corrected chi connectivity index (χ0v) is 25.8. The average molecular weight is 634 g/mol. The molecule has 0 amide bonds. The van der Waals surface area contributed by atoms with Gasteiger partial charge in [0.1, 0.15) is 11.5 Å². The number of aliphatic hydroxyl groups is 1. The molecule has 3 aromatic rings. The smallest absolute Gasteiger partial charge is 0.375 e. The van der Waals surface area contributed by atoms with Gasteiger partial charge in [-0.2, -0.15) is 10.4 Å². The molecule has 0 bridgehead atoms. The van der Waals surface area contributed by atoms with E-state index in [1.165, 1.54) is 29.1 Å². The molecule has 45 heavy (non-hydrogen) atoms. The van der Waals surface area contributed by atoms with Gasteiger partial charge in [-0.05, 0) is 97.6 Å². The number of aliphatic hydroxyl groups excluding tert-OH is 1. The van der Waals surface area contributed by atoms with Gasteiger partial charge in [0.05, 0.1) is 36.1 Å². The number of hydrogen-bond acceptors (Lipinski definition) is 8. The fourth-order valence-corrected chi connectivity index (χ4v) is 10.2. The summed E-state index contributed by atoms with van der Waals surface area (Å²) in [6.07, 6.45) is 7.62. The quantitative estimate of drug-likeness (QED) is 0.327. The van der Waals surface area contributed by atoms with Gasteiger partial charge in [0.15, 0.2) is 11.4 Å². The van der Waals surface area contributed by atoms with Crippen LogP contribution in [0.3, 0.4) is 0 Å². The van der Waals surface area contributed by atoms with Crippen molar-refractivity contribution in [3.63, 3.8) is 0 Å². The predicted octanol–water partition coefficient (Wildman–Crippen LogP) is 6.28. The van der Waals surface area contributed by atoms with Crippen molar-refractivity contribution in [2.24, 2.45) is 28.6 Å². The number of aromatic nitrogens is 2. The van der Waals surface area contributed by atoms with Crippen LogP contribution in [0.1, 0.15) is 67.8 Å². The molecule has 4 aliphatic carbocycles. The van der Waals surface area contributed by atoms with E-state index in [9.17, 15) is 28.7 Å². The predicted molar refractivity (Wildman–Crippen MR) is 161 cm³/mol. The number of fused-ring (bicyclic) bond motifs is 6. The average Bonchev–Trinajstić information content (AvgIpc) is 3.73. The normalized spacial score (nSPS) is 33.2. The number of nitriles is 1. The van der Waals surface area contributed by atoms with Gasteiger partial charge in [0.25, 0.3) is 0 Å². The summed E-state index contributed by atoms with van der Waals surface area (Å²) < 4.78 is 41.3. The van der Waals surface area contributed by atoms with Crippen LogP contribution in [0.2, 0.25) is 0 Å². The van der Waals surface area contributed by atoms with Crippen molar-refractivity contribution >= 4 is 28.9 Å². The first kappa shape index (κ1) is 29.9. The van der Waals surface area contributed by atoms with Crippen LogP contribution in [-0.2, 0) is 16.0 Å². The Balaban J connectivity index is 1.23. The van der Waals surface area contributed by atoms with Crippen molar-refractivity contribution in [1.29, 1.82) is 5.26 Å². The van der Waals surface area contributed by atoms with Gasteiger partial charge in [-0.3, -0.25) is 4.79 Å². The summed E-state index contributed by atoms with van der Waals surface area (Å²) in [7, 11) is 0. The number of furan rings is 1. The second-order valence-electron chi connectivity index (χ2n) is 13.3. The Kier molecular flexibility index (Phi) is 7.09. The SMILES string of the molecule is C[C@]12Cc3cnn(-c4ccc(F)cc4F)c3C=C1CC[C@@H]1[C@@H]2C(O)C[C@@]2(C)[C@H]1CC[C@]2(OC(=O)c1ccco1)C(=O)SCC#N. The summed E-state index contributed by atoms with van der Waals surface area (Å²) in [6, 6.07) is 8.51. The Morgan fingerprint density at radius 2 is 2.09 bits per heavy atom. The standard InChI is InChI=1S/C34H33F2N3O5S/c1-32-16-19-18-38-39(25-8-6-21(35)15-24(25)36)26(19)14-20(32)5-7-22-23-9-10-34(31(42)45-13-11-37,33(23,2)17-27(40)29(22)32)44-30(41)28-4-3-12-43-28/h3-4,6,8,12,14-15,18,22-23,27,29,40H,5,7,9-10,13,16-17H2,1-2H3/t22-,23-,27?,29+,32-,33-,34-/m0/s1. The first-order valence-corrected chi connectivity index (χ1v) is 16.2. The van der Waals surface area contributed by atoms with E-state index in [1.807, 2.05) is 13.0 Å². The van der Waals surface area contributed by atoms with Crippen LogP contribution in [0.15, 0.2) is 52.8 Å². The van der Waals surface area contributed by atoms with Gasteiger partial charge in [-0.1, -0.05) is 31.2 Å². The number of esters is 1. The van der Waals surface area contributed by atoms with Crippen molar-refractivity contribution in [2.75, 3.05) is 5.75 Å². The number of nitrogens with zero attached hydrogens (tertiary/aromatic N) is 3. The molecule has 0 aliphatic heterocycles. The maximum Gasteiger partial charge on any atom is 0.375 e. The van der Waals surface area contributed by atoms with E-state index in [0.717, 1.165) is 47.5 Å². The highest BCUT2D eigenvalue weighted by molar-refractivity contribution is 8.14. The zero-order chi connectivity index (χ0) is 31.7. The largest absolute Gasteiger partial charge is 0.457 e. The van der Waals surface area contributed by atoms with Gasteiger partial charge in [0.2, 0.25) is 10.9 Å². The molecule has 2 heterocycles. The number of hydrogen-bond donors (Lipinski definition) is 1. The Hall–Kier alpha value is -3.75. The Morgan fingerprint density at radius 3 is 2.82 bits per heavy atom. The second kappa shape index (κ2) is 10.7. The van der Waals surface area contributed by atoms with Crippen LogP contribution in [0.25, 0.3) is 11.8 Å². The van der Waals surface area contributed by atoms with Crippen molar-refractivity contribution < 1.29 is 32.6 Å². The Morgan fingerprint density at radius 1 is 1.27 bits per heavy atom. The number of ether oxygens (including phenoxy) is 1. The van der Waals surface area contributed by atoms with Crippen molar-refractivity contribution in [1.82, 2.24) is 9.78 Å². The molecule has 4 aliphatic rings. The van der Waals surface area contributed by atoms with E-state index in [1.54, 1.807) is 12.3 Å². The lowest BCUT2D eigenvalue weighted by atomic mass is 9.45. The summed E-state index contributed by atoms with van der Waals surface area (Å²) in [4.78, 5) is 27.2. The Bertz CT molecular complexity index is 1760. The molecule has 1 aromatic carbocycles. The van der Waals surface area contributed by atoms with Crippen LogP contribution < -0.4 is 0 Å². The molecule has 7 rings (SSSR count). The highest BCUT2D eigenvalue weighted by atomic mass is 32.2. The molecule has 3 fully saturated rings. The van der Waals surface area contributed by atoms with Gasteiger partial charge >= 0.3 is 5.97 Å². The first-order chi connectivity index (χ1) is 21.5. The summed E-state index contributed by atoms with van der Waals surface area (Å²) >= 11 is 0.853. The van der Waals surface area contributed by atoms with E-state index in [4.69, 9.17) is 9.15 Å². The van der Waals surface area contributed by atoms with Crippen molar-refractivity contribution in [3.8, 4) is 11.8 Å². The molecule has 11 heteroatoms. The van der Waals surface area contributed by atoms with E-state index < -0.39 is 40.1 Å². The fraction of sp³-hybridized carbons (Fsp3) is 0.471. The molecular weight excluding hydrogens is 600 g/mol. The number of allylic oxidation sites excluding steroid dienone is 1. The highest BCUT2D eigenvalue weighted by Crippen LogP contribution is 2.69. The lowest BCUT2D eigenvalue weighted by molar-refractivity contribution is -0.175. The summed E-state index contributed by atoms with van der Waals surface area (Å²) in [5.41, 5.74) is 0.197. The lowest BCUT2D eigenvalue weighted by Gasteiger charge is -2.60. The van der Waals surface area contributed by atoms with Crippen molar-refractivity contribution in [3.05, 3.63) is 77.0 Å². The van der Waals surface area contributed by atoms with Gasteiger partial charge in [0, 0.05) is 11.5 Å². The minimum atomic E-state index is -1.52. The zero-order valence-electron chi connectivity index (χ0n) is 25.0. The van der Waals surface area contributed by atoms with Crippen LogP contribution in [0, 0.1) is 51.5 Å². The third kappa shape index (κ3) is 4.36.